The molecule has 2 amide bonds. The maximum atomic E-state index is 11.8. The predicted molar refractivity (Wildman–Crippen MR) is 69.6 cm³/mol. The molecule has 0 radical (unpaired) electrons. The Morgan fingerprint density at radius 3 is 2.79 bits per heavy atom. The van der Waals surface area contributed by atoms with Gasteiger partial charge in [0.25, 0.3) is 5.91 Å². The van der Waals surface area contributed by atoms with Gasteiger partial charge in [-0.3, -0.25) is 19.8 Å². The number of aromatic nitrogens is 1. The number of rotatable bonds is 6. The Labute approximate surface area is 112 Å². The van der Waals surface area contributed by atoms with Crippen LogP contribution in [-0.4, -0.2) is 52.1 Å². The smallest absolute Gasteiger partial charge is 0.274 e. The number of amides is 2. The zero-order chi connectivity index (χ0) is 13.8. The van der Waals surface area contributed by atoms with Crippen molar-refractivity contribution in [2.75, 3.05) is 19.7 Å². The summed E-state index contributed by atoms with van der Waals surface area (Å²) < 4.78 is 1.66. The summed E-state index contributed by atoms with van der Waals surface area (Å²) in [6.45, 7) is 0.646. The van der Waals surface area contributed by atoms with E-state index in [9.17, 15) is 9.59 Å². The molecule has 0 unspecified atom stereocenters. The first-order valence-electron chi connectivity index (χ1n) is 6.42. The quantitative estimate of drug-likeness (QED) is 0.743. The zero-order valence-electron chi connectivity index (χ0n) is 11.0. The molecule has 6 nitrogen and oxygen atoms in total. The van der Waals surface area contributed by atoms with Crippen molar-refractivity contribution >= 4 is 11.8 Å². The summed E-state index contributed by atoms with van der Waals surface area (Å²) in [6, 6.07) is 3.79. The van der Waals surface area contributed by atoms with E-state index < -0.39 is 5.91 Å². The van der Waals surface area contributed by atoms with Gasteiger partial charge < -0.3 is 9.67 Å². The van der Waals surface area contributed by atoms with Crippen LogP contribution >= 0.6 is 0 Å². The number of nitrogens with zero attached hydrogens (tertiary/aromatic N) is 2. The molecular formula is C13H19N3O3. The highest BCUT2D eigenvalue weighted by atomic mass is 16.3. The van der Waals surface area contributed by atoms with Crippen LogP contribution in [0.4, 0.5) is 0 Å². The molecule has 1 saturated carbocycles. The summed E-state index contributed by atoms with van der Waals surface area (Å²) in [5, 5.41) is 11.3. The number of nitrogens with one attached hydrogen (secondary N) is 1. The van der Waals surface area contributed by atoms with Gasteiger partial charge in [0.1, 0.15) is 5.69 Å². The number of carbonyl (C=O) groups is 2. The summed E-state index contributed by atoms with van der Waals surface area (Å²) in [7, 11) is 1.75. The average Bonchev–Trinajstić information content (AvgIpc) is 3.11. The number of aryl methyl sites for hydroxylation is 1. The standard InChI is InChI=1S/C13H19N3O3/c1-15-6-2-3-11(15)13(19)14-12(18)9-16(7-8-17)10-4-5-10/h2-3,6,10,17H,4-5,7-9H2,1H3,(H,14,18,19). The fourth-order valence-corrected chi connectivity index (χ4v) is 2.07. The predicted octanol–water partition coefficient (Wildman–Crippen LogP) is -0.262. The number of aliphatic hydroxyl groups is 1. The molecule has 0 aromatic carbocycles. The number of imide groups is 1. The van der Waals surface area contributed by atoms with Crippen LogP contribution in [0.5, 0.6) is 0 Å². The highest BCUT2D eigenvalue weighted by Crippen LogP contribution is 2.25. The molecule has 1 aliphatic rings. The van der Waals surface area contributed by atoms with Gasteiger partial charge in [-0.25, -0.2) is 0 Å². The van der Waals surface area contributed by atoms with Crippen LogP contribution < -0.4 is 5.32 Å². The minimum atomic E-state index is -0.391. The molecule has 0 saturated heterocycles. The summed E-state index contributed by atoms with van der Waals surface area (Å²) >= 11 is 0. The Hall–Kier alpha value is -1.66. The molecule has 1 heterocycles. The minimum Gasteiger partial charge on any atom is -0.395 e. The molecule has 6 heteroatoms. The molecule has 2 rings (SSSR count). The Morgan fingerprint density at radius 1 is 1.53 bits per heavy atom. The van der Waals surface area contributed by atoms with E-state index in [1.165, 1.54) is 0 Å². The molecular weight excluding hydrogens is 246 g/mol. The van der Waals surface area contributed by atoms with Crippen LogP contribution in [0, 0.1) is 0 Å². The Kier molecular flexibility index (Phi) is 4.34. The van der Waals surface area contributed by atoms with Crippen molar-refractivity contribution in [3.05, 3.63) is 24.0 Å². The Bertz CT molecular complexity index is 465. The lowest BCUT2D eigenvalue weighted by Gasteiger charge is -2.19. The van der Waals surface area contributed by atoms with E-state index >= 15 is 0 Å². The van der Waals surface area contributed by atoms with Crippen LogP contribution in [0.3, 0.4) is 0 Å². The van der Waals surface area contributed by atoms with Gasteiger partial charge in [-0.05, 0) is 25.0 Å². The molecule has 2 N–H and O–H groups in total. The molecule has 1 aromatic rings. The summed E-state index contributed by atoms with van der Waals surface area (Å²) in [6.07, 6.45) is 3.86. The van der Waals surface area contributed by atoms with Crippen LogP contribution in [0.1, 0.15) is 23.3 Å². The van der Waals surface area contributed by atoms with Crippen molar-refractivity contribution in [2.45, 2.75) is 18.9 Å². The SMILES string of the molecule is Cn1cccc1C(=O)NC(=O)CN(CCO)C1CC1. The molecule has 104 valence electrons. The minimum absolute atomic E-state index is 0.0234. The van der Waals surface area contributed by atoms with E-state index in [1.807, 2.05) is 4.90 Å². The molecule has 1 fully saturated rings. The first-order chi connectivity index (χ1) is 9.11. The summed E-state index contributed by atoms with van der Waals surface area (Å²) in [5.41, 5.74) is 0.452. The van der Waals surface area contributed by atoms with Gasteiger partial charge in [0.2, 0.25) is 5.91 Å². The van der Waals surface area contributed by atoms with Gasteiger partial charge in [0.15, 0.2) is 0 Å². The van der Waals surface area contributed by atoms with Gasteiger partial charge in [0.05, 0.1) is 13.2 Å². The van der Waals surface area contributed by atoms with Gasteiger partial charge in [-0.2, -0.15) is 0 Å². The highest BCUT2D eigenvalue weighted by Gasteiger charge is 2.30. The molecule has 0 atom stereocenters. The van der Waals surface area contributed by atoms with Crippen molar-refractivity contribution in [3.63, 3.8) is 0 Å². The largest absolute Gasteiger partial charge is 0.395 e. The topological polar surface area (TPSA) is 74.6 Å². The first-order valence-corrected chi connectivity index (χ1v) is 6.42. The van der Waals surface area contributed by atoms with Crippen molar-refractivity contribution in [3.8, 4) is 0 Å². The normalized spacial score (nSPS) is 14.7. The Balaban J connectivity index is 1.86. The molecule has 0 aliphatic heterocycles. The van der Waals surface area contributed by atoms with Gasteiger partial charge in [0, 0.05) is 25.8 Å². The third-order valence-corrected chi connectivity index (χ3v) is 3.23. The lowest BCUT2D eigenvalue weighted by molar-refractivity contribution is -0.121. The van der Waals surface area contributed by atoms with Crippen LogP contribution in [-0.2, 0) is 11.8 Å². The third kappa shape index (κ3) is 3.65. The van der Waals surface area contributed by atoms with E-state index in [2.05, 4.69) is 5.32 Å². The van der Waals surface area contributed by atoms with Gasteiger partial charge in [-0.1, -0.05) is 0 Å². The summed E-state index contributed by atoms with van der Waals surface area (Å²) in [4.78, 5) is 25.6. The monoisotopic (exact) mass is 265 g/mol. The van der Waals surface area contributed by atoms with E-state index in [4.69, 9.17) is 5.11 Å². The van der Waals surface area contributed by atoms with Crippen LogP contribution in [0.15, 0.2) is 18.3 Å². The maximum Gasteiger partial charge on any atom is 0.274 e. The molecule has 0 spiro atoms. The second kappa shape index (κ2) is 5.99. The van der Waals surface area contributed by atoms with E-state index in [-0.39, 0.29) is 19.1 Å². The molecule has 1 aliphatic carbocycles. The Morgan fingerprint density at radius 2 is 2.26 bits per heavy atom. The van der Waals surface area contributed by atoms with Crippen molar-refractivity contribution in [1.82, 2.24) is 14.8 Å². The molecule has 0 bridgehead atoms. The van der Waals surface area contributed by atoms with Crippen molar-refractivity contribution in [1.29, 1.82) is 0 Å². The molecule has 19 heavy (non-hydrogen) atoms. The number of hydrogen-bond acceptors (Lipinski definition) is 4. The maximum absolute atomic E-state index is 11.8. The van der Waals surface area contributed by atoms with Gasteiger partial charge in [-0.15, -0.1) is 0 Å². The number of carbonyl (C=O) groups excluding carboxylic acids is 2. The van der Waals surface area contributed by atoms with Crippen molar-refractivity contribution in [2.24, 2.45) is 7.05 Å². The van der Waals surface area contributed by atoms with Crippen LogP contribution in [0.25, 0.3) is 0 Å². The zero-order valence-corrected chi connectivity index (χ0v) is 11.0. The third-order valence-electron chi connectivity index (χ3n) is 3.23. The fourth-order valence-electron chi connectivity index (χ4n) is 2.07. The summed E-state index contributed by atoms with van der Waals surface area (Å²) in [5.74, 6) is -0.719. The molecule has 1 aromatic heterocycles. The van der Waals surface area contributed by atoms with E-state index in [1.54, 1.807) is 29.9 Å². The van der Waals surface area contributed by atoms with E-state index in [0.29, 0.717) is 18.3 Å². The number of aliphatic hydroxyl groups excluding tert-OH is 1. The lowest BCUT2D eigenvalue weighted by Crippen LogP contribution is -2.42. The second-order valence-electron chi connectivity index (χ2n) is 4.81. The average molecular weight is 265 g/mol. The van der Waals surface area contributed by atoms with E-state index in [0.717, 1.165) is 12.8 Å². The highest BCUT2D eigenvalue weighted by molar-refractivity contribution is 6.04. The fraction of sp³-hybridized carbons (Fsp3) is 0.538. The first kappa shape index (κ1) is 13.8. The lowest BCUT2D eigenvalue weighted by atomic mass is 10.3. The second-order valence-corrected chi connectivity index (χ2v) is 4.81. The van der Waals surface area contributed by atoms with Crippen LogP contribution in [0.2, 0.25) is 0 Å². The number of hydrogen-bond donors (Lipinski definition) is 2. The van der Waals surface area contributed by atoms with Crippen molar-refractivity contribution < 1.29 is 14.7 Å². The van der Waals surface area contributed by atoms with Gasteiger partial charge >= 0.3 is 0 Å².